The predicted molar refractivity (Wildman–Crippen MR) is 91.6 cm³/mol. The van der Waals surface area contributed by atoms with Crippen LogP contribution in [0, 0.1) is 11.8 Å². The molecule has 3 amide bonds. The van der Waals surface area contributed by atoms with Gasteiger partial charge in [0.1, 0.15) is 6.54 Å². The van der Waals surface area contributed by atoms with Crippen LogP contribution >= 0.6 is 0 Å². The topological polar surface area (TPSA) is 69.7 Å². The van der Waals surface area contributed by atoms with Crippen molar-refractivity contribution in [2.75, 3.05) is 32.1 Å². The van der Waals surface area contributed by atoms with Crippen molar-refractivity contribution < 1.29 is 14.4 Å². The van der Waals surface area contributed by atoms with Crippen LogP contribution in [0.25, 0.3) is 0 Å². The summed E-state index contributed by atoms with van der Waals surface area (Å²) < 4.78 is 0. The summed E-state index contributed by atoms with van der Waals surface area (Å²) >= 11 is 0. The lowest BCUT2D eigenvalue weighted by Crippen LogP contribution is -2.40. The number of nitrogens with one attached hydrogen (secondary N) is 1. The van der Waals surface area contributed by atoms with Crippen LogP contribution in [0.1, 0.15) is 29.3 Å². The van der Waals surface area contributed by atoms with Gasteiger partial charge in [-0.2, -0.15) is 0 Å². The summed E-state index contributed by atoms with van der Waals surface area (Å²) in [6, 6.07) is 5.27. The van der Waals surface area contributed by atoms with Gasteiger partial charge in [-0.25, -0.2) is 0 Å². The van der Waals surface area contributed by atoms with E-state index in [4.69, 9.17) is 0 Å². The van der Waals surface area contributed by atoms with Crippen molar-refractivity contribution in [3.8, 4) is 11.8 Å². The standard InChI is InChI=1S/C18H21N3O3/c1-4-5-10-21(12-16(22)19-2)18(24)14-6-8-15-13(11-14)7-9-17(23)20(15)3/h6,8,11H,7,9-10,12H2,1-3H3,(H,19,22). The Kier molecular flexibility index (Phi) is 5.59. The van der Waals surface area contributed by atoms with Gasteiger partial charge in [0.25, 0.3) is 5.91 Å². The van der Waals surface area contributed by atoms with Gasteiger partial charge >= 0.3 is 0 Å². The second-order valence-corrected chi connectivity index (χ2v) is 5.56. The van der Waals surface area contributed by atoms with E-state index in [1.807, 2.05) is 0 Å². The third-order valence-electron chi connectivity index (χ3n) is 4.02. The van der Waals surface area contributed by atoms with Crippen LogP contribution in [-0.4, -0.2) is 49.8 Å². The van der Waals surface area contributed by atoms with E-state index in [2.05, 4.69) is 17.2 Å². The Balaban J connectivity index is 2.27. The van der Waals surface area contributed by atoms with E-state index in [0.717, 1.165) is 11.3 Å². The fourth-order valence-corrected chi connectivity index (χ4v) is 2.60. The van der Waals surface area contributed by atoms with E-state index in [1.165, 1.54) is 11.9 Å². The lowest BCUT2D eigenvalue weighted by atomic mass is 9.98. The number of hydrogen-bond donors (Lipinski definition) is 1. The summed E-state index contributed by atoms with van der Waals surface area (Å²) in [6.45, 7) is 1.84. The van der Waals surface area contributed by atoms with Crippen LogP contribution in [0.5, 0.6) is 0 Å². The average Bonchev–Trinajstić information content (AvgIpc) is 2.60. The molecule has 24 heavy (non-hydrogen) atoms. The van der Waals surface area contributed by atoms with Gasteiger partial charge in [0.05, 0.1) is 6.54 Å². The van der Waals surface area contributed by atoms with E-state index < -0.39 is 0 Å². The molecule has 126 valence electrons. The lowest BCUT2D eigenvalue weighted by Gasteiger charge is -2.26. The molecule has 1 aromatic rings. The lowest BCUT2D eigenvalue weighted by molar-refractivity contribution is -0.121. The molecule has 1 aliphatic heterocycles. The first-order valence-electron chi connectivity index (χ1n) is 7.77. The monoisotopic (exact) mass is 327 g/mol. The van der Waals surface area contributed by atoms with Crippen molar-refractivity contribution in [1.82, 2.24) is 10.2 Å². The predicted octanol–water partition coefficient (Wildman–Crippen LogP) is 0.807. The Bertz CT molecular complexity index is 731. The van der Waals surface area contributed by atoms with Crippen LogP contribution in [0.2, 0.25) is 0 Å². The minimum absolute atomic E-state index is 0.0422. The molecule has 0 aliphatic carbocycles. The van der Waals surface area contributed by atoms with Crippen LogP contribution in [-0.2, 0) is 16.0 Å². The molecule has 0 aromatic heterocycles. The molecule has 6 nitrogen and oxygen atoms in total. The molecule has 1 heterocycles. The highest BCUT2D eigenvalue weighted by molar-refractivity contribution is 6.00. The summed E-state index contributed by atoms with van der Waals surface area (Å²) in [7, 11) is 3.26. The number of carbonyl (C=O) groups excluding carboxylic acids is 3. The SMILES string of the molecule is CC#CCN(CC(=O)NC)C(=O)c1ccc2c(c1)CCC(=O)N2C. The van der Waals surface area contributed by atoms with Gasteiger partial charge in [0.2, 0.25) is 11.8 Å². The number of carbonyl (C=O) groups is 3. The number of aryl methyl sites for hydroxylation is 1. The van der Waals surface area contributed by atoms with Gasteiger partial charge < -0.3 is 15.1 Å². The van der Waals surface area contributed by atoms with Crippen LogP contribution in [0.3, 0.4) is 0 Å². The van der Waals surface area contributed by atoms with Crippen molar-refractivity contribution >= 4 is 23.4 Å². The van der Waals surface area contributed by atoms with Crippen LogP contribution < -0.4 is 10.2 Å². The number of hydrogen-bond acceptors (Lipinski definition) is 3. The van der Waals surface area contributed by atoms with Gasteiger partial charge in [-0.3, -0.25) is 14.4 Å². The average molecular weight is 327 g/mol. The first kappa shape index (κ1) is 17.5. The van der Waals surface area contributed by atoms with Crippen molar-refractivity contribution in [3.63, 3.8) is 0 Å². The maximum atomic E-state index is 12.7. The number of nitrogens with zero attached hydrogens (tertiary/aromatic N) is 2. The summed E-state index contributed by atoms with van der Waals surface area (Å²) in [5.41, 5.74) is 2.29. The van der Waals surface area contributed by atoms with Crippen LogP contribution in [0.15, 0.2) is 18.2 Å². The molecular weight excluding hydrogens is 306 g/mol. The Labute approximate surface area is 141 Å². The molecule has 0 bridgehead atoms. The van der Waals surface area contributed by atoms with Gasteiger partial charge in [0, 0.05) is 31.8 Å². The maximum absolute atomic E-state index is 12.7. The van der Waals surface area contributed by atoms with Crippen molar-refractivity contribution in [1.29, 1.82) is 0 Å². The largest absolute Gasteiger partial charge is 0.358 e. The molecule has 0 atom stereocenters. The van der Waals surface area contributed by atoms with E-state index in [-0.39, 0.29) is 30.8 Å². The zero-order valence-corrected chi connectivity index (χ0v) is 14.2. The number of anilines is 1. The molecule has 6 heteroatoms. The van der Waals surface area contributed by atoms with Gasteiger partial charge in [-0.15, -0.1) is 5.92 Å². The highest BCUT2D eigenvalue weighted by Gasteiger charge is 2.23. The van der Waals surface area contributed by atoms with E-state index >= 15 is 0 Å². The smallest absolute Gasteiger partial charge is 0.255 e. The zero-order chi connectivity index (χ0) is 17.7. The summed E-state index contributed by atoms with van der Waals surface area (Å²) in [4.78, 5) is 39.1. The van der Waals surface area contributed by atoms with Gasteiger partial charge in [-0.1, -0.05) is 5.92 Å². The molecule has 0 spiro atoms. The van der Waals surface area contributed by atoms with Crippen molar-refractivity contribution in [2.45, 2.75) is 19.8 Å². The zero-order valence-electron chi connectivity index (χ0n) is 14.2. The van der Waals surface area contributed by atoms with E-state index in [0.29, 0.717) is 18.4 Å². The normalized spacial score (nSPS) is 12.8. The fourth-order valence-electron chi connectivity index (χ4n) is 2.60. The number of benzene rings is 1. The van der Waals surface area contributed by atoms with Crippen LogP contribution in [0.4, 0.5) is 5.69 Å². The second-order valence-electron chi connectivity index (χ2n) is 5.56. The molecule has 0 saturated heterocycles. The quantitative estimate of drug-likeness (QED) is 0.832. The van der Waals surface area contributed by atoms with Gasteiger partial charge in [0.15, 0.2) is 0 Å². The summed E-state index contributed by atoms with van der Waals surface area (Å²) in [6.07, 6.45) is 1.05. The molecule has 0 radical (unpaired) electrons. The third-order valence-corrected chi connectivity index (χ3v) is 4.02. The number of fused-ring (bicyclic) bond motifs is 1. The third kappa shape index (κ3) is 3.74. The first-order chi connectivity index (χ1) is 11.5. The molecule has 1 aromatic carbocycles. The Morgan fingerprint density at radius 1 is 1.33 bits per heavy atom. The van der Waals surface area contributed by atoms with Crippen molar-refractivity contribution in [3.05, 3.63) is 29.3 Å². The Hall–Kier alpha value is -2.81. The Morgan fingerprint density at radius 2 is 2.08 bits per heavy atom. The molecule has 0 fully saturated rings. The molecular formula is C18H21N3O3. The minimum atomic E-state index is -0.247. The van der Waals surface area contributed by atoms with E-state index in [9.17, 15) is 14.4 Å². The molecule has 0 saturated carbocycles. The Morgan fingerprint density at radius 3 is 2.75 bits per heavy atom. The highest BCUT2D eigenvalue weighted by Crippen LogP contribution is 2.27. The molecule has 1 N–H and O–H groups in total. The number of rotatable bonds is 4. The summed E-state index contributed by atoms with van der Waals surface area (Å²) in [5, 5.41) is 2.51. The maximum Gasteiger partial charge on any atom is 0.255 e. The second kappa shape index (κ2) is 7.64. The summed E-state index contributed by atoms with van der Waals surface area (Å²) in [5.74, 6) is 5.14. The van der Waals surface area contributed by atoms with Gasteiger partial charge in [-0.05, 0) is 37.1 Å². The van der Waals surface area contributed by atoms with E-state index in [1.54, 1.807) is 37.1 Å². The molecule has 2 rings (SSSR count). The highest BCUT2D eigenvalue weighted by atomic mass is 16.2. The molecule has 0 unspecified atom stereocenters. The number of likely N-dealkylation sites (N-methyl/N-ethyl adjacent to an activating group) is 1. The minimum Gasteiger partial charge on any atom is -0.358 e. The number of amides is 3. The first-order valence-corrected chi connectivity index (χ1v) is 7.77. The fraction of sp³-hybridized carbons (Fsp3) is 0.389. The van der Waals surface area contributed by atoms with Crippen molar-refractivity contribution in [2.24, 2.45) is 0 Å². The molecule has 1 aliphatic rings.